The van der Waals surface area contributed by atoms with E-state index in [0.717, 1.165) is 6.07 Å². The van der Waals surface area contributed by atoms with Crippen LogP contribution in [0.3, 0.4) is 0 Å². The van der Waals surface area contributed by atoms with Gasteiger partial charge in [0.05, 0.1) is 36.4 Å². The van der Waals surface area contributed by atoms with Crippen LogP contribution < -0.4 is 10.5 Å². The normalized spacial score (nSPS) is 17.2. The molecule has 0 aliphatic carbocycles. The standard InChI is InChI=1S/C21H19F3N6O2/c1-12-11-32-9-8-29(12)17-10-14(13-4-2-3-5-15(13)21(22,23)24)18-19(26-17)30(28-20(18)31)16-6-7-25-27-16/h2-7,10,12H,8-9,11H2,1H3,(H,25,27)(H,28,31)/t12-/m1/s1. The van der Waals surface area contributed by atoms with Gasteiger partial charge in [0, 0.05) is 18.2 Å². The van der Waals surface area contributed by atoms with Crippen LogP contribution in [0.15, 0.2) is 47.4 Å². The first kappa shape index (κ1) is 20.3. The molecule has 32 heavy (non-hydrogen) atoms. The van der Waals surface area contributed by atoms with Gasteiger partial charge in [-0.05, 0) is 24.6 Å². The summed E-state index contributed by atoms with van der Waals surface area (Å²) in [7, 11) is 0. The molecule has 0 spiro atoms. The molecule has 8 nitrogen and oxygen atoms in total. The van der Waals surface area contributed by atoms with Crippen molar-refractivity contribution in [3.05, 3.63) is 58.5 Å². The number of aromatic amines is 2. The second kappa shape index (κ2) is 7.52. The van der Waals surface area contributed by atoms with Crippen LogP contribution in [0.1, 0.15) is 12.5 Å². The van der Waals surface area contributed by atoms with Crippen molar-refractivity contribution >= 4 is 16.9 Å². The molecule has 1 aromatic carbocycles. The highest BCUT2D eigenvalue weighted by Gasteiger charge is 2.35. The zero-order valence-corrected chi connectivity index (χ0v) is 17.0. The summed E-state index contributed by atoms with van der Waals surface area (Å²) in [6, 6.07) is 8.39. The third-order valence-electron chi connectivity index (χ3n) is 5.55. The van der Waals surface area contributed by atoms with Crippen molar-refractivity contribution in [2.75, 3.05) is 24.7 Å². The number of pyridine rings is 1. The van der Waals surface area contributed by atoms with Gasteiger partial charge in [-0.15, -0.1) is 0 Å². The van der Waals surface area contributed by atoms with Crippen molar-refractivity contribution in [1.29, 1.82) is 0 Å². The van der Waals surface area contributed by atoms with E-state index in [0.29, 0.717) is 31.4 Å². The second-order valence-corrected chi connectivity index (χ2v) is 7.61. The summed E-state index contributed by atoms with van der Waals surface area (Å²) in [5.74, 6) is 0.902. The minimum absolute atomic E-state index is 0.0364. The van der Waals surface area contributed by atoms with Gasteiger partial charge in [0.15, 0.2) is 5.65 Å². The Bertz CT molecular complexity index is 1330. The number of alkyl halides is 3. The molecular weight excluding hydrogens is 425 g/mol. The first-order valence-corrected chi connectivity index (χ1v) is 10.0. The first-order chi connectivity index (χ1) is 15.3. The van der Waals surface area contributed by atoms with Gasteiger partial charge in [-0.1, -0.05) is 18.2 Å². The SMILES string of the molecule is C[C@@H]1COCCN1c1cc(-c2ccccc2C(F)(F)F)c2c(=O)[nH]n(-c3ccn[nH]3)c2n1. The van der Waals surface area contributed by atoms with Gasteiger partial charge in [-0.2, -0.15) is 18.3 Å². The summed E-state index contributed by atoms with van der Waals surface area (Å²) in [5.41, 5.74) is -1.07. The second-order valence-electron chi connectivity index (χ2n) is 7.61. The van der Waals surface area contributed by atoms with E-state index >= 15 is 0 Å². The molecule has 1 atom stereocenters. The van der Waals surface area contributed by atoms with Crippen molar-refractivity contribution < 1.29 is 17.9 Å². The number of morpholine rings is 1. The largest absolute Gasteiger partial charge is 0.417 e. The predicted molar refractivity (Wildman–Crippen MR) is 112 cm³/mol. The fraction of sp³-hybridized carbons (Fsp3) is 0.286. The molecule has 2 N–H and O–H groups in total. The number of fused-ring (bicyclic) bond motifs is 1. The third kappa shape index (κ3) is 3.34. The van der Waals surface area contributed by atoms with Crippen LogP contribution in [0.25, 0.3) is 28.0 Å². The van der Waals surface area contributed by atoms with E-state index in [1.807, 2.05) is 11.8 Å². The Balaban J connectivity index is 1.84. The molecule has 1 saturated heterocycles. The number of benzene rings is 1. The number of nitrogens with zero attached hydrogens (tertiary/aromatic N) is 4. The molecule has 0 radical (unpaired) electrons. The number of hydrogen-bond donors (Lipinski definition) is 2. The average molecular weight is 444 g/mol. The highest BCUT2D eigenvalue weighted by atomic mass is 19.4. The van der Waals surface area contributed by atoms with Crippen LogP contribution in [0.4, 0.5) is 19.0 Å². The van der Waals surface area contributed by atoms with Gasteiger partial charge < -0.3 is 9.64 Å². The zero-order chi connectivity index (χ0) is 22.5. The van der Waals surface area contributed by atoms with Crippen molar-refractivity contribution in [1.82, 2.24) is 25.0 Å². The van der Waals surface area contributed by atoms with Gasteiger partial charge in [0.2, 0.25) is 0 Å². The Morgan fingerprint density at radius 2 is 2.00 bits per heavy atom. The number of ether oxygens (including phenoxy) is 1. The molecule has 166 valence electrons. The van der Waals surface area contributed by atoms with Gasteiger partial charge in [-0.3, -0.25) is 15.0 Å². The topological polar surface area (TPSA) is 91.8 Å². The molecule has 0 bridgehead atoms. The molecule has 1 aliphatic rings. The van der Waals surface area contributed by atoms with E-state index in [1.54, 1.807) is 12.1 Å². The van der Waals surface area contributed by atoms with Gasteiger partial charge in [0.1, 0.15) is 11.6 Å². The third-order valence-corrected chi connectivity index (χ3v) is 5.55. The Hall–Kier alpha value is -3.60. The smallest absolute Gasteiger partial charge is 0.377 e. The van der Waals surface area contributed by atoms with Crippen LogP contribution in [-0.4, -0.2) is 50.8 Å². The van der Waals surface area contributed by atoms with E-state index in [4.69, 9.17) is 4.74 Å². The van der Waals surface area contributed by atoms with E-state index in [9.17, 15) is 18.0 Å². The van der Waals surface area contributed by atoms with E-state index in [-0.39, 0.29) is 28.2 Å². The van der Waals surface area contributed by atoms with Crippen molar-refractivity contribution in [3.8, 4) is 16.9 Å². The summed E-state index contributed by atoms with van der Waals surface area (Å²) in [6.07, 6.45) is -3.08. The van der Waals surface area contributed by atoms with Crippen LogP contribution in [0.5, 0.6) is 0 Å². The molecule has 1 aliphatic heterocycles. The van der Waals surface area contributed by atoms with Crippen LogP contribution in [0, 0.1) is 0 Å². The molecule has 0 amide bonds. The Labute approximate surface area is 179 Å². The fourth-order valence-corrected chi connectivity index (χ4v) is 4.05. The molecule has 1 fully saturated rings. The Kier molecular flexibility index (Phi) is 4.77. The maximum atomic E-state index is 13.8. The molecule has 3 aromatic heterocycles. The number of anilines is 1. The van der Waals surface area contributed by atoms with Crippen LogP contribution in [-0.2, 0) is 10.9 Å². The molecule has 4 aromatic rings. The number of aromatic nitrogens is 5. The molecule has 5 rings (SSSR count). The molecule has 11 heteroatoms. The summed E-state index contributed by atoms with van der Waals surface area (Å²) < 4.78 is 48.4. The Morgan fingerprint density at radius 1 is 1.19 bits per heavy atom. The molecule has 4 heterocycles. The van der Waals surface area contributed by atoms with Gasteiger partial charge >= 0.3 is 6.18 Å². The maximum absolute atomic E-state index is 13.8. The van der Waals surface area contributed by atoms with Gasteiger partial charge in [-0.25, -0.2) is 9.67 Å². The van der Waals surface area contributed by atoms with Gasteiger partial charge in [0.25, 0.3) is 5.56 Å². The number of halogens is 3. The molecule has 0 unspecified atom stereocenters. The van der Waals surface area contributed by atoms with Crippen LogP contribution >= 0.6 is 0 Å². The lowest BCUT2D eigenvalue weighted by atomic mass is 9.97. The highest BCUT2D eigenvalue weighted by molar-refractivity contribution is 5.95. The summed E-state index contributed by atoms with van der Waals surface area (Å²) in [4.78, 5) is 19.6. The van der Waals surface area contributed by atoms with E-state index in [2.05, 4.69) is 20.3 Å². The minimum Gasteiger partial charge on any atom is -0.377 e. The minimum atomic E-state index is -4.59. The lowest BCUT2D eigenvalue weighted by Crippen LogP contribution is -2.44. The number of nitrogens with one attached hydrogen (secondary N) is 2. The summed E-state index contributed by atoms with van der Waals surface area (Å²) >= 11 is 0. The lowest BCUT2D eigenvalue weighted by molar-refractivity contribution is -0.137. The highest BCUT2D eigenvalue weighted by Crippen LogP contribution is 2.40. The zero-order valence-electron chi connectivity index (χ0n) is 17.0. The summed E-state index contributed by atoms with van der Waals surface area (Å²) in [6.45, 7) is 3.42. The number of hydrogen-bond acceptors (Lipinski definition) is 5. The van der Waals surface area contributed by atoms with E-state index < -0.39 is 17.3 Å². The fourth-order valence-electron chi connectivity index (χ4n) is 4.05. The summed E-state index contributed by atoms with van der Waals surface area (Å²) in [5, 5.41) is 9.38. The quantitative estimate of drug-likeness (QED) is 0.506. The van der Waals surface area contributed by atoms with Crippen molar-refractivity contribution in [2.24, 2.45) is 0 Å². The lowest BCUT2D eigenvalue weighted by Gasteiger charge is -2.34. The first-order valence-electron chi connectivity index (χ1n) is 10.0. The number of rotatable bonds is 3. The van der Waals surface area contributed by atoms with Crippen molar-refractivity contribution in [3.63, 3.8) is 0 Å². The monoisotopic (exact) mass is 444 g/mol. The molecular formula is C21H19F3N6O2. The average Bonchev–Trinajstić information content (AvgIpc) is 3.41. The molecule has 0 saturated carbocycles. The maximum Gasteiger partial charge on any atom is 0.417 e. The Morgan fingerprint density at radius 3 is 2.72 bits per heavy atom. The predicted octanol–water partition coefficient (Wildman–Crippen LogP) is 3.35. The number of H-pyrrole nitrogens is 2. The van der Waals surface area contributed by atoms with Crippen molar-refractivity contribution in [2.45, 2.75) is 19.1 Å². The van der Waals surface area contributed by atoms with E-state index in [1.165, 1.54) is 29.1 Å². The van der Waals surface area contributed by atoms with Crippen LogP contribution in [0.2, 0.25) is 0 Å².